The topological polar surface area (TPSA) is 214 Å². The number of aliphatic hydroxyl groups is 7. The highest BCUT2D eigenvalue weighted by atomic mass is 16.7. The van der Waals surface area contributed by atoms with Gasteiger partial charge in [0.25, 0.3) is 0 Å². The van der Waals surface area contributed by atoms with Crippen LogP contribution in [0.5, 0.6) is 0 Å². The summed E-state index contributed by atoms with van der Waals surface area (Å²) < 4.78 is 34.4. The summed E-state index contributed by atoms with van der Waals surface area (Å²) in [5.41, 5.74) is 0. The Bertz CT molecular complexity index is 1210. The Labute approximate surface area is 444 Å². The van der Waals surface area contributed by atoms with Crippen molar-refractivity contribution in [3.05, 3.63) is 0 Å². The third kappa shape index (κ3) is 33.8. The lowest BCUT2D eigenvalue weighted by Crippen LogP contribution is -2.61. The van der Waals surface area contributed by atoms with Gasteiger partial charge in [0.1, 0.15) is 54.9 Å². The number of ether oxygens (including phenoxy) is 6. The Balaban J connectivity index is 1.64. The molecule has 11 unspecified atom stereocenters. The molecule has 2 rings (SSSR count). The van der Waals surface area contributed by atoms with Gasteiger partial charge in [-0.3, -0.25) is 4.79 Å². The Morgan fingerprint density at radius 2 is 0.726 bits per heavy atom. The molecular formula is C59H114O14. The summed E-state index contributed by atoms with van der Waals surface area (Å²) in [7, 11) is 0. The standard InChI is InChI=1S/C59H114O14/c1-3-5-7-9-11-13-15-17-18-19-20-21-22-23-24-25-26-27-28-29-31-33-35-37-39-41-43-68-45-48(71-51(61)42-40-38-36-34-32-30-16-14-12-10-8-6-4-2)46-69-58-57(67)55(65)53(63)50(73-58)47-70-59-56(66)54(64)52(62)49(44-60)72-59/h48-50,52-60,62-67H,3-47H2,1-2H3. The molecule has 2 aliphatic rings. The number of hydrogen-bond acceptors (Lipinski definition) is 14. The fourth-order valence-corrected chi connectivity index (χ4v) is 10.2. The second-order valence-electron chi connectivity index (χ2n) is 21.9. The molecule has 2 saturated heterocycles. The van der Waals surface area contributed by atoms with Gasteiger partial charge in [-0.15, -0.1) is 0 Å². The molecule has 0 aromatic heterocycles. The molecule has 0 bridgehead atoms. The van der Waals surface area contributed by atoms with Crippen LogP contribution in [0.15, 0.2) is 0 Å². The van der Waals surface area contributed by atoms with E-state index >= 15 is 0 Å². The van der Waals surface area contributed by atoms with E-state index in [4.69, 9.17) is 28.4 Å². The molecule has 0 aromatic carbocycles. The van der Waals surface area contributed by atoms with Gasteiger partial charge in [-0.25, -0.2) is 0 Å². The molecule has 2 fully saturated rings. The van der Waals surface area contributed by atoms with Crippen molar-refractivity contribution in [2.45, 2.75) is 338 Å². The summed E-state index contributed by atoms with van der Waals surface area (Å²) in [4.78, 5) is 13.0. The van der Waals surface area contributed by atoms with Gasteiger partial charge in [-0.2, -0.15) is 0 Å². The minimum Gasteiger partial charge on any atom is -0.457 e. The SMILES string of the molecule is CCCCCCCCCCCCCCCCCCCCCCCCCCCCOCC(COC1OC(COC2OC(CO)C(O)C(O)C2O)C(O)C(O)C1O)OC(=O)CCCCCCCCCCCCCCC. The molecule has 0 saturated carbocycles. The van der Waals surface area contributed by atoms with Crippen molar-refractivity contribution in [1.29, 1.82) is 0 Å². The quantitative estimate of drug-likeness (QED) is 0.0223. The molecule has 73 heavy (non-hydrogen) atoms. The van der Waals surface area contributed by atoms with Crippen molar-refractivity contribution < 1.29 is 69.0 Å². The lowest BCUT2D eigenvalue weighted by atomic mass is 9.98. The third-order valence-electron chi connectivity index (χ3n) is 15.1. The second kappa shape index (κ2) is 47.0. The van der Waals surface area contributed by atoms with E-state index in [1.165, 1.54) is 205 Å². The molecule has 0 spiro atoms. The summed E-state index contributed by atoms with van der Waals surface area (Å²) >= 11 is 0. The van der Waals surface area contributed by atoms with Crippen LogP contribution in [0.3, 0.4) is 0 Å². The molecule has 0 radical (unpaired) electrons. The normalized spacial score (nSPS) is 24.8. The zero-order chi connectivity index (χ0) is 53.0. The Hall–Kier alpha value is -1.01. The summed E-state index contributed by atoms with van der Waals surface area (Å²) in [5, 5.41) is 72.3. The molecule has 434 valence electrons. The van der Waals surface area contributed by atoms with Gasteiger partial charge in [0.05, 0.1) is 26.4 Å². The van der Waals surface area contributed by atoms with E-state index in [1.54, 1.807) is 0 Å². The first-order valence-corrected chi connectivity index (χ1v) is 30.6. The van der Waals surface area contributed by atoms with Crippen molar-refractivity contribution in [1.82, 2.24) is 0 Å². The van der Waals surface area contributed by atoms with Crippen LogP contribution in [-0.2, 0) is 33.2 Å². The number of esters is 1. The molecule has 2 heterocycles. The van der Waals surface area contributed by atoms with E-state index in [-0.39, 0.29) is 25.6 Å². The molecule has 0 aromatic rings. The van der Waals surface area contributed by atoms with Crippen LogP contribution in [0.2, 0.25) is 0 Å². The maximum Gasteiger partial charge on any atom is 0.306 e. The average Bonchev–Trinajstić information content (AvgIpc) is 3.39. The minimum absolute atomic E-state index is 0.0709. The summed E-state index contributed by atoms with van der Waals surface area (Å²) in [6, 6.07) is 0. The second-order valence-corrected chi connectivity index (χ2v) is 21.9. The zero-order valence-electron chi connectivity index (χ0n) is 46.7. The first-order valence-electron chi connectivity index (χ1n) is 30.6. The predicted octanol–water partition coefficient (Wildman–Crippen LogP) is 11.2. The van der Waals surface area contributed by atoms with E-state index in [1.807, 2.05) is 0 Å². The van der Waals surface area contributed by atoms with Gasteiger partial charge in [0, 0.05) is 13.0 Å². The van der Waals surface area contributed by atoms with E-state index in [0.29, 0.717) is 6.61 Å². The highest BCUT2D eigenvalue weighted by Crippen LogP contribution is 2.27. The Kier molecular flexibility index (Phi) is 43.9. The summed E-state index contributed by atoms with van der Waals surface area (Å²) in [6.45, 7) is 3.76. The third-order valence-corrected chi connectivity index (χ3v) is 15.1. The van der Waals surface area contributed by atoms with Gasteiger partial charge in [0.15, 0.2) is 12.6 Å². The molecule has 14 nitrogen and oxygen atoms in total. The molecule has 2 aliphatic heterocycles. The first kappa shape index (κ1) is 68.1. The van der Waals surface area contributed by atoms with Crippen LogP contribution in [0.25, 0.3) is 0 Å². The van der Waals surface area contributed by atoms with Crippen molar-refractivity contribution >= 4 is 5.97 Å². The Morgan fingerprint density at radius 3 is 1.11 bits per heavy atom. The zero-order valence-corrected chi connectivity index (χ0v) is 46.7. The Morgan fingerprint density at radius 1 is 0.397 bits per heavy atom. The van der Waals surface area contributed by atoms with Gasteiger partial charge in [-0.05, 0) is 12.8 Å². The molecule has 11 atom stereocenters. The van der Waals surface area contributed by atoms with E-state index in [0.717, 1.165) is 44.9 Å². The average molecular weight is 1050 g/mol. The lowest BCUT2D eigenvalue weighted by molar-refractivity contribution is -0.332. The van der Waals surface area contributed by atoms with Crippen molar-refractivity contribution in [2.75, 3.05) is 33.0 Å². The smallest absolute Gasteiger partial charge is 0.306 e. The highest BCUT2D eigenvalue weighted by Gasteiger charge is 2.47. The molecular weight excluding hydrogens is 933 g/mol. The van der Waals surface area contributed by atoms with Gasteiger partial charge >= 0.3 is 5.97 Å². The van der Waals surface area contributed by atoms with E-state index in [2.05, 4.69) is 13.8 Å². The van der Waals surface area contributed by atoms with Crippen LogP contribution < -0.4 is 0 Å². The minimum atomic E-state index is -1.70. The van der Waals surface area contributed by atoms with Gasteiger partial charge < -0.3 is 64.2 Å². The maximum atomic E-state index is 13.0. The van der Waals surface area contributed by atoms with Gasteiger partial charge in [-0.1, -0.05) is 251 Å². The molecule has 14 heteroatoms. The van der Waals surface area contributed by atoms with Crippen LogP contribution >= 0.6 is 0 Å². The first-order chi connectivity index (χ1) is 35.6. The number of carbonyl (C=O) groups excluding carboxylic acids is 1. The number of aliphatic hydroxyl groups excluding tert-OH is 7. The highest BCUT2D eigenvalue weighted by molar-refractivity contribution is 5.69. The van der Waals surface area contributed by atoms with Crippen LogP contribution in [-0.4, -0.2) is 142 Å². The number of rotatable bonds is 51. The lowest BCUT2D eigenvalue weighted by Gasteiger charge is -2.42. The largest absolute Gasteiger partial charge is 0.457 e. The van der Waals surface area contributed by atoms with Crippen molar-refractivity contribution in [2.24, 2.45) is 0 Å². The monoisotopic (exact) mass is 1050 g/mol. The number of carbonyl (C=O) groups is 1. The predicted molar refractivity (Wildman–Crippen MR) is 289 cm³/mol. The van der Waals surface area contributed by atoms with E-state index < -0.39 is 80.7 Å². The molecule has 0 aliphatic carbocycles. The van der Waals surface area contributed by atoms with Gasteiger partial charge in [0.2, 0.25) is 0 Å². The van der Waals surface area contributed by atoms with Crippen LogP contribution in [0.4, 0.5) is 0 Å². The fourth-order valence-electron chi connectivity index (χ4n) is 10.2. The maximum absolute atomic E-state index is 13.0. The summed E-state index contributed by atoms with van der Waals surface area (Å²) in [6.07, 6.45) is 34.7. The van der Waals surface area contributed by atoms with Crippen molar-refractivity contribution in [3.63, 3.8) is 0 Å². The fraction of sp³-hybridized carbons (Fsp3) is 0.983. The number of hydrogen-bond donors (Lipinski definition) is 7. The van der Waals surface area contributed by atoms with E-state index in [9.17, 15) is 40.5 Å². The molecule has 0 amide bonds. The molecule has 7 N–H and O–H groups in total. The van der Waals surface area contributed by atoms with Crippen LogP contribution in [0.1, 0.15) is 271 Å². The summed E-state index contributed by atoms with van der Waals surface area (Å²) in [5.74, 6) is -0.369. The van der Waals surface area contributed by atoms with Crippen LogP contribution in [0, 0.1) is 0 Å². The van der Waals surface area contributed by atoms with Crippen molar-refractivity contribution in [3.8, 4) is 0 Å². The number of unbranched alkanes of at least 4 members (excludes halogenated alkanes) is 37.